The van der Waals surface area contributed by atoms with Crippen LogP contribution >= 0.6 is 0 Å². The Morgan fingerprint density at radius 3 is 2.79 bits per heavy atom. The van der Waals surface area contributed by atoms with Crippen LogP contribution in [0.15, 0.2) is 41.5 Å². The molecular formula is C22H24N4O3. The molecule has 0 atom stereocenters. The molecule has 7 nitrogen and oxygen atoms in total. The van der Waals surface area contributed by atoms with Crippen LogP contribution in [0.2, 0.25) is 0 Å². The van der Waals surface area contributed by atoms with Crippen LogP contribution in [-0.4, -0.2) is 40.6 Å². The van der Waals surface area contributed by atoms with Gasteiger partial charge in [0.25, 0.3) is 5.56 Å². The first-order chi connectivity index (χ1) is 14.1. The van der Waals surface area contributed by atoms with Gasteiger partial charge in [0.05, 0.1) is 25.5 Å². The number of hydrogen-bond acceptors (Lipinski definition) is 6. The maximum Gasteiger partial charge on any atom is 0.255 e. The topological polar surface area (TPSA) is 80.3 Å². The highest BCUT2D eigenvalue weighted by molar-refractivity contribution is 5.53. The SMILES string of the molecule is COc1ccc(CN2CCc3nc(-c4cccnc4)[nH]c(=O)c3C2)c(OC)c1C. The highest BCUT2D eigenvalue weighted by atomic mass is 16.5. The van der Waals surface area contributed by atoms with Crippen molar-refractivity contribution < 1.29 is 9.47 Å². The Hall–Kier alpha value is -3.19. The van der Waals surface area contributed by atoms with Crippen molar-refractivity contribution in [2.75, 3.05) is 20.8 Å². The second-order valence-corrected chi connectivity index (χ2v) is 7.13. The lowest BCUT2D eigenvalue weighted by atomic mass is 10.0. The van der Waals surface area contributed by atoms with E-state index >= 15 is 0 Å². The molecular weight excluding hydrogens is 368 g/mol. The molecule has 0 radical (unpaired) electrons. The summed E-state index contributed by atoms with van der Waals surface area (Å²) in [6.07, 6.45) is 4.13. The first-order valence-electron chi connectivity index (χ1n) is 9.56. The van der Waals surface area contributed by atoms with Gasteiger partial charge in [-0.3, -0.25) is 14.7 Å². The van der Waals surface area contributed by atoms with Crippen molar-refractivity contribution >= 4 is 0 Å². The zero-order chi connectivity index (χ0) is 20.4. The van der Waals surface area contributed by atoms with Crippen LogP contribution in [0.25, 0.3) is 11.4 Å². The molecule has 7 heteroatoms. The van der Waals surface area contributed by atoms with Crippen molar-refractivity contribution in [1.82, 2.24) is 19.9 Å². The zero-order valence-corrected chi connectivity index (χ0v) is 16.9. The fourth-order valence-electron chi connectivity index (χ4n) is 3.86. The number of methoxy groups -OCH3 is 2. The van der Waals surface area contributed by atoms with E-state index in [9.17, 15) is 4.79 Å². The molecule has 150 valence electrons. The lowest BCUT2D eigenvalue weighted by molar-refractivity contribution is 0.238. The fourth-order valence-corrected chi connectivity index (χ4v) is 3.86. The minimum atomic E-state index is -0.0866. The molecule has 0 amide bonds. The maximum atomic E-state index is 12.7. The number of fused-ring (bicyclic) bond motifs is 1. The Balaban J connectivity index is 1.59. The van der Waals surface area contributed by atoms with E-state index in [4.69, 9.17) is 14.5 Å². The van der Waals surface area contributed by atoms with Crippen molar-refractivity contribution in [3.8, 4) is 22.9 Å². The number of hydrogen-bond donors (Lipinski definition) is 1. The number of aromatic amines is 1. The molecule has 29 heavy (non-hydrogen) atoms. The molecule has 1 aliphatic heterocycles. The first kappa shape index (κ1) is 19.1. The number of nitrogens with zero attached hydrogens (tertiary/aromatic N) is 3. The van der Waals surface area contributed by atoms with Gasteiger partial charge in [-0.25, -0.2) is 4.98 Å². The van der Waals surface area contributed by atoms with Gasteiger partial charge < -0.3 is 14.5 Å². The van der Waals surface area contributed by atoms with Crippen molar-refractivity contribution in [1.29, 1.82) is 0 Å². The number of benzene rings is 1. The van der Waals surface area contributed by atoms with Gasteiger partial charge in [0.2, 0.25) is 0 Å². The van der Waals surface area contributed by atoms with Gasteiger partial charge in [-0.2, -0.15) is 0 Å². The van der Waals surface area contributed by atoms with Crippen LogP contribution in [0.4, 0.5) is 0 Å². The second kappa shape index (κ2) is 8.05. The van der Waals surface area contributed by atoms with Crippen LogP contribution in [0.3, 0.4) is 0 Å². The Kier molecular flexibility index (Phi) is 5.31. The normalized spacial score (nSPS) is 13.8. The molecule has 0 saturated heterocycles. The largest absolute Gasteiger partial charge is 0.496 e. The minimum absolute atomic E-state index is 0.0866. The predicted octanol–water partition coefficient (Wildman–Crippen LogP) is 2.72. The molecule has 0 bridgehead atoms. The van der Waals surface area contributed by atoms with Crippen LogP contribution in [0.5, 0.6) is 11.5 Å². The Morgan fingerprint density at radius 2 is 2.07 bits per heavy atom. The molecule has 3 heterocycles. The average Bonchev–Trinajstić information content (AvgIpc) is 2.75. The van der Waals surface area contributed by atoms with Gasteiger partial charge in [-0.15, -0.1) is 0 Å². The minimum Gasteiger partial charge on any atom is -0.496 e. The third-order valence-corrected chi connectivity index (χ3v) is 5.34. The third-order valence-electron chi connectivity index (χ3n) is 5.34. The average molecular weight is 392 g/mol. The molecule has 1 aliphatic rings. The van der Waals surface area contributed by atoms with Crippen molar-refractivity contribution in [3.05, 3.63) is 69.4 Å². The number of H-pyrrole nitrogens is 1. The van der Waals surface area contributed by atoms with Crippen molar-refractivity contribution in [3.63, 3.8) is 0 Å². The van der Waals surface area contributed by atoms with E-state index in [-0.39, 0.29) is 5.56 Å². The summed E-state index contributed by atoms with van der Waals surface area (Å²) in [7, 11) is 3.33. The lowest BCUT2D eigenvalue weighted by Gasteiger charge is -2.28. The number of pyridine rings is 1. The summed E-state index contributed by atoms with van der Waals surface area (Å²) in [5.41, 5.74) is 4.37. The Labute approximate surface area is 169 Å². The van der Waals surface area contributed by atoms with Crippen LogP contribution < -0.4 is 15.0 Å². The second-order valence-electron chi connectivity index (χ2n) is 7.13. The molecule has 1 N–H and O–H groups in total. The molecule has 4 rings (SSSR count). The molecule has 0 unspecified atom stereocenters. The fraction of sp³-hybridized carbons (Fsp3) is 0.318. The van der Waals surface area contributed by atoms with E-state index in [0.717, 1.165) is 52.4 Å². The van der Waals surface area contributed by atoms with Crippen molar-refractivity contribution in [2.24, 2.45) is 0 Å². The van der Waals surface area contributed by atoms with Gasteiger partial charge >= 0.3 is 0 Å². The monoisotopic (exact) mass is 392 g/mol. The number of nitrogens with one attached hydrogen (secondary N) is 1. The lowest BCUT2D eigenvalue weighted by Crippen LogP contribution is -2.35. The van der Waals surface area contributed by atoms with Crippen molar-refractivity contribution in [2.45, 2.75) is 26.4 Å². The molecule has 0 aliphatic carbocycles. The van der Waals surface area contributed by atoms with E-state index in [1.165, 1.54) is 0 Å². The van der Waals surface area contributed by atoms with Gasteiger partial charge in [0.1, 0.15) is 17.3 Å². The standard InChI is InChI=1S/C22H24N4O3/c1-14-19(28-2)7-6-16(20(14)29-3)12-26-10-8-18-17(13-26)22(27)25-21(24-18)15-5-4-9-23-11-15/h4-7,9,11H,8,10,12-13H2,1-3H3,(H,24,25,27). The molecule has 0 fully saturated rings. The van der Waals surface area contributed by atoms with Gasteiger partial charge in [0, 0.05) is 55.1 Å². The smallest absolute Gasteiger partial charge is 0.255 e. The van der Waals surface area contributed by atoms with E-state index < -0.39 is 0 Å². The highest BCUT2D eigenvalue weighted by Gasteiger charge is 2.23. The molecule has 0 saturated carbocycles. The predicted molar refractivity (Wildman–Crippen MR) is 110 cm³/mol. The summed E-state index contributed by atoms with van der Waals surface area (Å²) in [6, 6.07) is 7.71. The Morgan fingerprint density at radius 1 is 1.21 bits per heavy atom. The maximum absolute atomic E-state index is 12.7. The summed E-state index contributed by atoms with van der Waals surface area (Å²) < 4.78 is 11.0. The number of ether oxygens (including phenoxy) is 2. The van der Waals surface area contributed by atoms with Crippen LogP contribution in [0.1, 0.15) is 22.4 Å². The molecule has 3 aromatic rings. The highest BCUT2D eigenvalue weighted by Crippen LogP contribution is 2.32. The summed E-state index contributed by atoms with van der Waals surface area (Å²) >= 11 is 0. The number of rotatable bonds is 5. The van der Waals surface area contributed by atoms with Gasteiger partial charge in [-0.1, -0.05) is 6.07 Å². The molecule has 0 spiro atoms. The summed E-state index contributed by atoms with van der Waals surface area (Å²) in [5, 5.41) is 0. The summed E-state index contributed by atoms with van der Waals surface area (Å²) in [4.78, 5) is 26.7. The van der Waals surface area contributed by atoms with Crippen LogP contribution in [-0.2, 0) is 19.5 Å². The Bertz CT molecular complexity index is 1080. The van der Waals surface area contributed by atoms with E-state index in [0.29, 0.717) is 18.9 Å². The zero-order valence-electron chi connectivity index (χ0n) is 16.9. The van der Waals surface area contributed by atoms with E-state index in [1.54, 1.807) is 26.6 Å². The first-order valence-corrected chi connectivity index (χ1v) is 9.56. The summed E-state index contributed by atoms with van der Waals surface area (Å²) in [6.45, 7) is 4.06. The van der Waals surface area contributed by atoms with Gasteiger partial charge in [0.15, 0.2) is 0 Å². The van der Waals surface area contributed by atoms with E-state index in [1.807, 2.05) is 31.2 Å². The van der Waals surface area contributed by atoms with Gasteiger partial charge in [-0.05, 0) is 25.1 Å². The quantitative estimate of drug-likeness (QED) is 0.719. The number of aromatic nitrogens is 3. The van der Waals surface area contributed by atoms with Crippen LogP contribution in [0, 0.1) is 6.92 Å². The molecule has 1 aromatic carbocycles. The van der Waals surface area contributed by atoms with E-state index in [2.05, 4.69) is 14.9 Å². The molecule has 2 aromatic heterocycles. The third kappa shape index (κ3) is 3.73. The summed E-state index contributed by atoms with van der Waals surface area (Å²) in [5.74, 6) is 2.20.